The first-order valence-electron chi connectivity index (χ1n) is 7.76. The molecule has 7 heteroatoms. The lowest BCUT2D eigenvalue weighted by Crippen LogP contribution is -2.04. The molecule has 0 atom stereocenters. The largest absolute Gasteiger partial charge is 0.339 e. The van der Waals surface area contributed by atoms with E-state index < -0.39 is 0 Å². The fourth-order valence-corrected chi connectivity index (χ4v) is 3.20. The third-order valence-corrected chi connectivity index (χ3v) is 4.49. The van der Waals surface area contributed by atoms with E-state index in [0.29, 0.717) is 32.6 Å². The quantitative estimate of drug-likeness (QED) is 0.504. The lowest BCUT2D eigenvalue weighted by atomic mass is 10.0. The van der Waals surface area contributed by atoms with Gasteiger partial charge in [-0.15, -0.1) is 0 Å². The number of carbonyl (C=O) groups excluding carboxylic acids is 1. The Labute approximate surface area is 159 Å². The summed E-state index contributed by atoms with van der Waals surface area (Å²) < 4.78 is 1.78. The van der Waals surface area contributed by atoms with Gasteiger partial charge in [0, 0.05) is 29.8 Å². The molecule has 0 aliphatic rings. The molecule has 0 aliphatic carbocycles. The van der Waals surface area contributed by atoms with E-state index in [-0.39, 0.29) is 5.78 Å². The van der Waals surface area contributed by atoms with E-state index in [2.05, 4.69) is 15.3 Å². The molecule has 0 radical (unpaired) electrons. The van der Waals surface area contributed by atoms with Crippen LogP contribution in [0.2, 0.25) is 10.0 Å². The van der Waals surface area contributed by atoms with E-state index in [1.165, 1.54) is 0 Å². The number of anilines is 2. The average molecular weight is 383 g/mol. The molecule has 0 amide bonds. The van der Waals surface area contributed by atoms with Crippen molar-refractivity contribution in [2.45, 2.75) is 0 Å². The van der Waals surface area contributed by atoms with Crippen LogP contribution in [-0.4, -0.2) is 20.2 Å². The van der Waals surface area contributed by atoms with Crippen molar-refractivity contribution < 1.29 is 4.79 Å². The minimum absolute atomic E-state index is 0.236. The van der Waals surface area contributed by atoms with Gasteiger partial charge in [0.05, 0.1) is 21.8 Å². The first kappa shape index (κ1) is 16.6. The second-order valence-electron chi connectivity index (χ2n) is 5.60. The number of aromatic nitrogens is 3. The van der Waals surface area contributed by atoms with Gasteiger partial charge in [-0.2, -0.15) is 0 Å². The summed E-state index contributed by atoms with van der Waals surface area (Å²) in [7, 11) is 0. The molecule has 4 aromatic rings. The summed E-state index contributed by atoms with van der Waals surface area (Å²) in [4.78, 5) is 21.3. The number of imidazole rings is 1. The van der Waals surface area contributed by atoms with Crippen molar-refractivity contribution in [2.24, 2.45) is 0 Å². The third kappa shape index (κ3) is 3.14. The van der Waals surface area contributed by atoms with E-state index in [9.17, 15) is 4.79 Å². The molecule has 26 heavy (non-hydrogen) atoms. The molecule has 0 spiro atoms. The molecule has 3 heterocycles. The zero-order valence-corrected chi connectivity index (χ0v) is 14.9. The van der Waals surface area contributed by atoms with Gasteiger partial charge in [0.1, 0.15) is 11.5 Å². The van der Waals surface area contributed by atoms with Crippen LogP contribution in [0.15, 0.2) is 67.3 Å². The van der Waals surface area contributed by atoms with Crippen LogP contribution in [0.1, 0.15) is 15.9 Å². The van der Waals surface area contributed by atoms with Crippen LogP contribution in [0.5, 0.6) is 0 Å². The number of pyridine rings is 2. The number of hydrogen-bond acceptors (Lipinski definition) is 4. The molecule has 4 rings (SSSR count). The first-order valence-corrected chi connectivity index (χ1v) is 8.52. The Bertz CT molecular complexity index is 1090. The number of fused-ring (bicyclic) bond motifs is 1. The molecular weight excluding hydrogens is 371 g/mol. The molecular formula is C19H12Cl2N4O. The van der Waals surface area contributed by atoms with Crippen LogP contribution in [-0.2, 0) is 0 Å². The summed E-state index contributed by atoms with van der Waals surface area (Å²) in [6.45, 7) is 0. The molecule has 5 nitrogen and oxygen atoms in total. The van der Waals surface area contributed by atoms with Crippen molar-refractivity contribution in [3.8, 4) is 0 Å². The second-order valence-corrected chi connectivity index (χ2v) is 6.41. The third-order valence-electron chi connectivity index (χ3n) is 3.86. The summed E-state index contributed by atoms with van der Waals surface area (Å²) >= 11 is 12.3. The van der Waals surface area contributed by atoms with Crippen molar-refractivity contribution in [2.75, 3.05) is 5.32 Å². The number of rotatable bonds is 4. The van der Waals surface area contributed by atoms with Gasteiger partial charge < -0.3 is 9.72 Å². The summed E-state index contributed by atoms with van der Waals surface area (Å²) in [6, 6.07) is 12.2. The zero-order chi connectivity index (χ0) is 18.1. The maximum Gasteiger partial charge on any atom is 0.197 e. The number of halogens is 2. The smallest absolute Gasteiger partial charge is 0.197 e. The van der Waals surface area contributed by atoms with Gasteiger partial charge >= 0.3 is 0 Å². The van der Waals surface area contributed by atoms with Crippen molar-refractivity contribution in [3.63, 3.8) is 0 Å². The van der Waals surface area contributed by atoms with E-state index in [0.717, 1.165) is 5.69 Å². The topological polar surface area (TPSA) is 59.3 Å². The molecule has 0 fully saturated rings. The lowest BCUT2D eigenvalue weighted by Gasteiger charge is -2.06. The lowest BCUT2D eigenvalue weighted by molar-refractivity contribution is 0.103. The number of ketones is 1. The van der Waals surface area contributed by atoms with Crippen molar-refractivity contribution >= 4 is 46.1 Å². The number of hydrogen-bond donors (Lipinski definition) is 1. The van der Waals surface area contributed by atoms with Crippen LogP contribution < -0.4 is 5.32 Å². The minimum Gasteiger partial charge on any atom is -0.339 e. The molecule has 0 unspecified atom stereocenters. The Balaban J connectivity index is 1.68. The molecule has 0 saturated carbocycles. The summed E-state index contributed by atoms with van der Waals surface area (Å²) in [5, 5.41) is 3.85. The highest BCUT2D eigenvalue weighted by molar-refractivity contribution is 6.41. The Morgan fingerprint density at radius 2 is 1.69 bits per heavy atom. The average Bonchev–Trinajstić information content (AvgIpc) is 3.03. The maximum absolute atomic E-state index is 12.8. The van der Waals surface area contributed by atoms with Crippen LogP contribution in [0.4, 0.5) is 11.5 Å². The molecule has 0 saturated heterocycles. The molecule has 1 aromatic carbocycles. The molecule has 3 aromatic heterocycles. The highest BCUT2D eigenvalue weighted by atomic mass is 35.5. The number of nitrogens with one attached hydrogen (secondary N) is 1. The van der Waals surface area contributed by atoms with E-state index >= 15 is 0 Å². The van der Waals surface area contributed by atoms with Crippen LogP contribution in [0.25, 0.3) is 5.65 Å². The highest BCUT2D eigenvalue weighted by Gasteiger charge is 2.17. The molecule has 0 bridgehead atoms. The summed E-state index contributed by atoms with van der Waals surface area (Å²) in [6.07, 6.45) is 6.91. The van der Waals surface area contributed by atoms with Gasteiger partial charge in [-0.3, -0.25) is 9.78 Å². The van der Waals surface area contributed by atoms with Crippen LogP contribution in [0.3, 0.4) is 0 Å². The maximum atomic E-state index is 12.8. The fourth-order valence-electron chi connectivity index (χ4n) is 2.63. The predicted molar refractivity (Wildman–Crippen MR) is 103 cm³/mol. The molecule has 128 valence electrons. The van der Waals surface area contributed by atoms with E-state index in [1.54, 1.807) is 59.5 Å². The van der Waals surface area contributed by atoms with Crippen molar-refractivity contribution in [3.05, 3.63) is 88.4 Å². The number of benzene rings is 1. The van der Waals surface area contributed by atoms with Gasteiger partial charge in [-0.05, 0) is 36.4 Å². The van der Waals surface area contributed by atoms with E-state index in [4.69, 9.17) is 23.2 Å². The standard InChI is InChI=1S/C19H12Cl2N4O/c20-14-2-1-3-15(21)18(14)19(26)12-4-5-17-24-16(11-25(17)10-12)23-13-6-8-22-9-7-13/h1-11H,(H,22,23). The number of carbonyl (C=O) groups is 1. The van der Waals surface area contributed by atoms with E-state index in [1.807, 2.05) is 12.1 Å². The van der Waals surface area contributed by atoms with Crippen molar-refractivity contribution in [1.82, 2.24) is 14.4 Å². The Kier molecular flexibility index (Phi) is 4.32. The van der Waals surface area contributed by atoms with Gasteiger partial charge in [0.15, 0.2) is 5.78 Å². The Hall–Kier alpha value is -2.89. The SMILES string of the molecule is O=C(c1ccc2nc(Nc3ccncc3)cn2c1)c1c(Cl)cccc1Cl. The Morgan fingerprint density at radius 3 is 2.42 bits per heavy atom. The highest BCUT2D eigenvalue weighted by Crippen LogP contribution is 2.27. The zero-order valence-electron chi connectivity index (χ0n) is 13.4. The van der Waals surface area contributed by atoms with Crippen molar-refractivity contribution in [1.29, 1.82) is 0 Å². The second kappa shape index (κ2) is 6.78. The summed E-state index contributed by atoms with van der Waals surface area (Å²) in [5.74, 6) is 0.427. The normalized spacial score (nSPS) is 10.8. The molecule has 1 N–H and O–H groups in total. The first-order chi connectivity index (χ1) is 12.6. The molecule has 0 aliphatic heterocycles. The number of nitrogens with zero attached hydrogens (tertiary/aromatic N) is 3. The van der Waals surface area contributed by atoms with Crippen LogP contribution >= 0.6 is 23.2 Å². The monoisotopic (exact) mass is 382 g/mol. The van der Waals surface area contributed by atoms with Gasteiger partial charge in [0.2, 0.25) is 0 Å². The van der Waals surface area contributed by atoms with Crippen LogP contribution in [0, 0.1) is 0 Å². The predicted octanol–water partition coefficient (Wildman–Crippen LogP) is 5.01. The fraction of sp³-hybridized carbons (Fsp3) is 0. The minimum atomic E-state index is -0.236. The Morgan fingerprint density at radius 1 is 0.962 bits per heavy atom. The van der Waals surface area contributed by atoms with Gasteiger partial charge in [0.25, 0.3) is 0 Å². The van der Waals surface area contributed by atoms with Gasteiger partial charge in [-0.1, -0.05) is 29.3 Å². The summed E-state index contributed by atoms with van der Waals surface area (Å²) in [5.41, 5.74) is 2.36. The van der Waals surface area contributed by atoms with Gasteiger partial charge in [-0.25, -0.2) is 4.98 Å².